The average molecular weight is 545 g/mol. The second kappa shape index (κ2) is 10.2. The number of nitro groups is 1. The number of hydrogen-bond donors (Lipinski definition) is 1. The third kappa shape index (κ3) is 5.40. The fraction of sp³-hybridized carbons (Fsp3) is 0.438. The van der Waals surface area contributed by atoms with Crippen LogP contribution in [0.3, 0.4) is 0 Å². The summed E-state index contributed by atoms with van der Waals surface area (Å²) < 4.78 is 12.0. The lowest BCUT2D eigenvalue weighted by molar-refractivity contribution is -0.384. The van der Waals surface area contributed by atoms with Gasteiger partial charge in [0.1, 0.15) is 6.61 Å². The largest absolute Gasteiger partial charge is 0.490 e. The molecule has 210 valence electrons. The smallest absolute Gasteiger partial charge is 0.269 e. The Morgan fingerprint density at radius 1 is 0.875 bits per heavy atom. The monoisotopic (exact) mass is 544 g/mol. The molecule has 0 bridgehead atoms. The van der Waals surface area contributed by atoms with Crippen LogP contribution in [0.4, 0.5) is 5.69 Å². The summed E-state index contributed by atoms with van der Waals surface area (Å²) in [5.41, 5.74) is 4.34. The Morgan fingerprint density at radius 2 is 1.50 bits per heavy atom. The van der Waals surface area contributed by atoms with Crippen LogP contribution in [0.15, 0.2) is 65.0 Å². The first kappa shape index (κ1) is 27.6. The van der Waals surface area contributed by atoms with E-state index in [-0.39, 0.29) is 34.7 Å². The number of hydrogen-bond acceptors (Lipinski definition) is 7. The van der Waals surface area contributed by atoms with Crippen LogP contribution in [0.2, 0.25) is 0 Å². The number of benzene rings is 2. The van der Waals surface area contributed by atoms with Crippen LogP contribution in [0, 0.1) is 20.9 Å². The number of nitro benzene ring substituents is 1. The lowest BCUT2D eigenvalue weighted by atomic mass is 9.64. The van der Waals surface area contributed by atoms with E-state index < -0.39 is 10.8 Å². The minimum absolute atomic E-state index is 0.00111. The molecule has 3 aliphatic rings. The number of nitrogens with one attached hydrogen (secondary N) is 1. The number of ketones is 2. The Labute approximate surface area is 234 Å². The molecular weight excluding hydrogens is 508 g/mol. The first-order valence-electron chi connectivity index (χ1n) is 13.8. The van der Waals surface area contributed by atoms with Gasteiger partial charge in [-0.15, -0.1) is 0 Å². The first-order valence-corrected chi connectivity index (χ1v) is 13.8. The Balaban J connectivity index is 1.55. The Hall–Kier alpha value is -3.94. The number of rotatable bonds is 7. The SMILES string of the molecule is CCOc1cc(C2C3=C(CC(C)(C)CC3=O)NC3=C2C(=O)CC(C)(C)C3)ccc1OCc1cccc([N+](=O)[O-])c1. The molecule has 0 aromatic heterocycles. The van der Waals surface area contributed by atoms with Gasteiger partial charge in [-0.25, -0.2) is 0 Å². The maximum Gasteiger partial charge on any atom is 0.269 e. The van der Waals surface area contributed by atoms with E-state index in [0.717, 1.165) is 29.8 Å². The van der Waals surface area contributed by atoms with E-state index in [2.05, 4.69) is 33.0 Å². The zero-order valence-electron chi connectivity index (χ0n) is 23.8. The van der Waals surface area contributed by atoms with Crippen molar-refractivity contribution in [3.05, 3.63) is 86.2 Å². The minimum atomic E-state index is -0.469. The van der Waals surface area contributed by atoms with Crippen LogP contribution in [0.5, 0.6) is 11.5 Å². The van der Waals surface area contributed by atoms with Gasteiger partial charge in [-0.1, -0.05) is 45.9 Å². The molecule has 1 heterocycles. The summed E-state index contributed by atoms with van der Waals surface area (Å²) >= 11 is 0. The predicted octanol–water partition coefficient (Wildman–Crippen LogP) is 6.55. The van der Waals surface area contributed by atoms with Crippen LogP contribution in [-0.2, 0) is 16.2 Å². The van der Waals surface area contributed by atoms with Crippen molar-refractivity contribution in [3.8, 4) is 11.5 Å². The number of ether oxygens (including phenoxy) is 2. The number of allylic oxidation sites excluding steroid dienone is 4. The molecule has 0 fully saturated rings. The van der Waals surface area contributed by atoms with Crippen LogP contribution < -0.4 is 14.8 Å². The van der Waals surface area contributed by atoms with E-state index in [1.54, 1.807) is 18.2 Å². The summed E-state index contributed by atoms with van der Waals surface area (Å²) in [6.07, 6.45) is 2.32. The first-order chi connectivity index (χ1) is 18.9. The van der Waals surface area contributed by atoms with E-state index in [1.165, 1.54) is 12.1 Å². The van der Waals surface area contributed by atoms with Gasteiger partial charge in [0, 0.05) is 53.4 Å². The van der Waals surface area contributed by atoms with Crippen molar-refractivity contribution in [2.75, 3.05) is 6.61 Å². The maximum atomic E-state index is 13.6. The van der Waals surface area contributed by atoms with E-state index >= 15 is 0 Å². The van der Waals surface area contributed by atoms with Crippen LogP contribution >= 0.6 is 0 Å². The van der Waals surface area contributed by atoms with Crippen LogP contribution in [-0.4, -0.2) is 23.1 Å². The molecule has 1 N–H and O–H groups in total. The second-order valence-electron chi connectivity index (χ2n) is 12.6. The molecule has 2 aromatic rings. The summed E-state index contributed by atoms with van der Waals surface area (Å²) in [5, 5.41) is 14.7. The predicted molar refractivity (Wildman–Crippen MR) is 151 cm³/mol. The zero-order chi connectivity index (χ0) is 28.8. The third-order valence-electron chi connectivity index (χ3n) is 7.84. The zero-order valence-corrected chi connectivity index (χ0v) is 23.8. The normalized spacial score (nSPS) is 20.0. The highest BCUT2D eigenvalue weighted by Gasteiger charge is 2.46. The maximum absolute atomic E-state index is 13.6. The molecule has 0 radical (unpaired) electrons. The van der Waals surface area contributed by atoms with E-state index in [1.807, 2.05) is 19.1 Å². The fourth-order valence-corrected chi connectivity index (χ4v) is 6.23. The number of non-ortho nitro benzene ring substituents is 1. The summed E-state index contributed by atoms with van der Waals surface area (Å²) in [6, 6.07) is 11.9. The average Bonchev–Trinajstić information content (AvgIpc) is 2.85. The van der Waals surface area contributed by atoms with E-state index in [9.17, 15) is 19.7 Å². The number of carbonyl (C=O) groups excluding carboxylic acids is 2. The molecule has 8 heteroatoms. The number of carbonyl (C=O) groups is 2. The fourth-order valence-electron chi connectivity index (χ4n) is 6.23. The van der Waals surface area contributed by atoms with Gasteiger partial charge in [0.05, 0.1) is 11.5 Å². The number of Topliss-reactive ketones (excluding diaryl/α,β-unsaturated/α-hetero) is 2. The van der Waals surface area contributed by atoms with Crippen LogP contribution in [0.25, 0.3) is 0 Å². The Bertz CT molecular complexity index is 1410. The molecule has 0 saturated heterocycles. The second-order valence-corrected chi connectivity index (χ2v) is 12.6. The van der Waals surface area contributed by atoms with Gasteiger partial charge >= 0.3 is 0 Å². The molecule has 0 saturated carbocycles. The quantitative estimate of drug-likeness (QED) is 0.311. The van der Waals surface area contributed by atoms with Crippen molar-refractivity contribution >= 4 is 17.3 Å². The van der Waals surface area contributed by atoms with Gasteiger partial charge < -0.3 is 14.8 Å². The molecule has 0 atom stereocenters. The molecule has 0 amide bonds. The van der Waals surface area contributed by atoms with Crippen molar-refractivity contribution in [1.29, 1.82) is 0 Å². The molecule has 2 aromatic carbocycles. The van der Waals surface area contributed by atoms with Gasteiger partial charge in [-0.3, -0.25) is 19.7 Å². The molecule has 8 nitrogen and oxygen atoms in total. The molecule has 2 aliphatic carbocycles. The summed E-state index contributed by atoms with van der Waals surface area (Å²) in [5.74, 6) is 0.652. The highest BCUT2D eigenvalue weighted by molar-refractivity contribution is 6.06. The van der Waals surface area contributed by atoms with Crippen molar-refractivity contribution in [2.45, 2.75) is 72.8 Å². The summed E-state index contributed by atoms with van der Waals surface area (Å²) in [6.45, 7) is 10.8. The van der Waals surface area contributed by atoms with Gasteiger partial charge in [0.25, 0.3) is 5.69 Å². The molecule has 0 spiro atoms. The lowest BCUT2D eigenvalue weighted by Gasteiger charge is -2.44. The van der Waals surface area contributed by atoms with Gasteiger partial charge in [-0.05, 0) is 53.9 Å². The third-order valence-corrected chi connectivity index (χ3v) is 7.84. The molecule has 0 unspecified atom stereocenters. The van der Waals surface area contributed by atoms with Crippen molar-refractivity contribution in [3.63, 3.8) is 0 Å². The number of nitrogens with zero attached hydrogens (tertiary/aromatic N) is 1. The summed E-state index contributed by atoms with van der Waals surface area (Å²) in [4.78, 5) is 37.9. The van der Waals surface area contributed by atoms with Crippen LogP contribution in [0.1, 0.15) is 77.3 Å². The standard InChI is InChI=1S/C32H36N2O6/c1-6-39-27-13-20(10-11-26(27)40-18-19-8-7-9-21(12-19)34(37)38)28-29-22(14-31(2,3)16-24(29)35)33-23-15-32(4,5)17-25(36)30(23)28/h7-13,28,33H,6,14-18H2,1-5H3. The Kier molecular flexibility index (Phi) is 7.06. The topological polar surface area (TPSA) is 108 Å². The van der Waals surface area contributed by atoms with E-state index in [4.69, 9.17) is 9.47 Å². The van der Waals surface area contributed by atoms with E-state index in [0.29, 0.717) is 47.7 Å². The number of dihydropyridines is 1. The minimum Gasteiger partial charge on any atom is -0.490 e. The summed E-state index contributed by atoms with van der Waals surface area (Å²) in [7, 11) is 0. The van der Waals surface area contributed by atoms with Gasteiger partial charge in [0.2, 0.25) is 0 Å². The molecule has 5 rings (SSSR count). The van der Waals surface area contributed by atoms with Crippen molar-refractivity contribution in [1.82, 2.24) is 5.32 Å². The van der Waals surface area contributed by atoms with Crippen molar-refractivity contribution in [2.24, 2.45) is 10.8 Å². The van der Waals surface area contributed by atoms with Gasteiger partial charge in [0.15, 0.2) is 23.1 Å². The van der Waals surface area contributed by atoms with Crippen molar-refractivity contribution < 1.29 is 24.0 Å². The molecule has 1 aliphatic heterocycles. The molecule has 40 heavy (non-hydrogen) atoms. The Morgan fingerprint density at radius 3 is 2.08 bits per heavy atom. The highest BCUT2D eigenvalue weighted by Crippen LogP contribution is 2.51. The molecular formula is C32H36N2O6. The van der Waals surface area contributed by atoms with Gasteiger partial charge in [-0.2, -0.15) is 0 Å². The highest BCUT2D eigenvalue weighted by atomic mass is 16.6. The lowest BCUT2D eigenvalue weighted by Crippen LogP contribution is -2.42.